The van der Waals surface area contributed by atoms with Gasteiger partial charge in [-0.25, -0.2) is 0 Å². The van der Waals surface area contributed by atoms with Crippen LogP contribution < -0.4 is 0 Å². The van der Waals surface area contributed by atoms with Crippen molar-refractivity contribution in [3.05, 3.63) is 65.2 Å². The first kappa shape index (κ1) is 20.9. The SMILES string of the molecule is CCCCCCCCCC(C)(C)C1C(C)=Cc2c(-c3ccccc3)cccc21. The van der Waals surface area contributed by atoms with E-state index in [1.165, 1.54) is 79.2 Å². The lowest BCUT2D eigenvalue weighted by atomic mass is 9.70. The molecule has 0 N–H and O–H groups in total. The monoisotopic (exact) mass is 374 g/mol. The quantitative estimate of drug-likeness (QED) is 0.364. The molecule has 0 spiro atoms. The van der Waals surface area contributed by atoms with Gasteiger partial charge in [0.05, 0.1) is 0 Å². The van der Waals surface area contributed by atoms with E-state index in [0.29, 0.717) is 11.3 Å². The maximum absolute atomic E-state index is 2.48. The van der Waals surface area contributed by atoms with Crippen molar-refractivity contribution >= 4 is 6.08 Å². The van der Waals surface area contributed by atoms with Crippen LogP contribution in [0.5, 0.6) is 0 Å². The van der Waals surface area contributed by atoms with E-state index in [1.807, 2.05) is 0 Å². The van der Waals surface area contributed by atoms with Crippen molar-refractivity contribution < 1.29 is 0 Å². The molecule has 0 nitrogen and oxygen atoms in total. The van der Waals surface area contributed by atoms with Gasteiger partial charge in [0.2, 0.25) is 0 Å². The van der Waals surface area contributed by atoms with Gasteiger partial charge < -0.3 is 0 Å². The third-order valence-electron chi connectivity index (χ3n) is 6.57. The molecule has 0 amide bonds. The molecular weight excluding hydrogens is 336 g/mol. The first-order chi connectivity index (χ1) is 13.5. The summed E-state index contributed by atoms with van der Waals surface area (Å²) in [7, 11) is 0. The molecule has 28 heavy (non-hydrogen) atoms. The number of hydrogen-bond acceptors (Lipinski definition) is 0. The van der Waals surface area contributed by atoms with Crippen molar-refractivity contribution in [2.75, 3.05) is 0 Å². The van der Waals surface area contributed by atoms with Crippen LogP contribution in [0.2, 0.25) is 0 Å². The van der Waals surface area contributed by atoms with Gasteiger partial charge in [-0.15, -0.1) is 0 Å². The third kappa shape index (κ3) is 4.77. The first-order valence-electron chi connectivity index (χ1n) is 11.4. The smallest absolute Gasteiger partial charge is 0.0106 e. The minimum Gasteiger partial charge on any atom is -0.0654 e. The van der Waals surface area contributed by atoms with E-state index in [2.05, 4.69) is 82.3 Å². The van der Waals surface area contributed by atoms with Gasteiger partial charge in [-0.2, -0.15) is 0 Å². The molecule has 0 bridgehead atoms. The van der Waals surface area contributed by atoms with E-state index in [-0.39, 0.29) is 0 Å². The molecule has 1 unspecified atom stereocenters. The highest BCUT2D eigenvalue weighted by atomic mass is 14.4. The van der Waals surface area contributed by atoms with Crippen molar-refractivity contribution in [2.45, 2.75) is 85.0 Å². The molecule has 2 aromatic carbocycles. The molecule has 0 heteroatoms. The second-order valence-corrected chi connectivity index (χ2v) is 9.36. The number of rotatable bonds is 10. The van der Waals surface area contributed by atoms with Crippen LogP contribution in [0.3, 0.4) is 0 Å². The predicted octanol–water partition coefficient (Wildman–Crippen LogP) is 9.02. The Hall–Kier alpha value is -1.82. The van der Waals surface area contributed by atoms with Crippen LogP contribution in [0.15, 0.2) is 54.1 Å². The van der Waals surface area contributed by atoms with Gasteiger partial charge in [0.15, 0.2) is 0 Å². The largest absolute Gasteiger partial charge is 0.0654 e. The van der Waals surface area contributed by atoms with Crippen molar-refractivity contribution in [1.82, 2.24) is 0 Å². The number of hydrogen-bond donors (Lipinski definition) is 0. The zero-order valence-corrected chi connectivity index (χ0v) is 18.4. The first-order valence-corrected chi connectivity index (χ1v) is 11.4. The Morgan fingerprint density at radius 3 is 2.18 bits per heavy atom. The van der Waals surface area contributed by atoms with E-state index in [9.17, 15) is 0 Å². The highest BCUT2D eigenvalue weighted by molar-refractivity contribution is 5.82. The van der Waals surface area contributed by atoms with Crippen LogP contribution in [0.4, 0.5) is 0 Å². The summed E-state index contributed by atoms with van der Waals surface area (Å²) in [6, 6.07) is 17.7. The van der Waals surface area contributed by atoms with E-state index in [0.717, 1.165) is 0 Å². The van der Waals surface area contributed by atoms with Crippen LogP contribution in [-0.4, -0.2) is 0 Å². The molecular formula is C28H38. The third-order valence-corrected chi connectivity index (χ3v) is 6.57. The highest BCUT2D eigenvalue weighted by Gasteiger charge is 2.36. The lowest BCUT2D eigenvalue weighted by molar-refractivity contribution is 0.278. The molecule has 1 aliphatic carbocycles. The Labute approximate surface area is 173 Å². The Bertz CT molecular complexity index is 779. The highest BCUT2D eigenvalue weighted by Crippen LogP contribution is 2.51. The topological polar surface area (TPSA) is 0 Å². The molecule has 1 atom stereocenters. The standard InChI is InChI=1S/C28H38/c1-5-6-7-8-9-10-14-20-28(3,4)27-22(2)21-26-24(18-15-19-25(26)27)23-16-12-11-13-17-23/h11-13,15-19,21,27H,5-10,14,20H2,1-4H3. The molecule has 0 aromatic heterocycles. The van der Waals surface area contributed by atoms with Crippen molar-refractivity contribution in [3.63, 3.8) is 0 Å². The summed E-state index contributed by atoms with van der Waals surface area (Å²) < 4.78 is 0. The molecule has 0 heterocycles. The molecule has 3 rings (SSSR count). The zero-order valence-electron chi connectivity index (χ0n) is 18.4. The average Bonchev–Trinajstić information content (AvgIpc) is 3.04. The molecule has 0 radical (unpaired) electrons. The number of fused-ring (bicyclic) bond motifs is 1. The fraction of sp³-hybridized carbons (Fsp3) is 0.500. The molecule has 0 aliphatic heterocycles. The van der Waals surface area contributed by atoms with Gasteiger partial charge in [0, 0.05) is 5.92 Å². The van der Waals surface area contributed by atoms with Crippen molar-refractivity contribution in [2.24, 2.45) is 5.41 Å². The van der Waals surface area contributed by atoms with Crippen molar-refractivity contribution in [3.8, 4) is 11.1 Å². The predicted molar refractivity (Wildman–Crippen MR) is 125 cm³/mol. The van der Waals surface area contributed by atoms with Gasteiger partial charge in [0.1, 0.15) is 0 Å². The molecule has 0 saturated carbocycles. The summed E-state index contributed by atoms with van der Waals surface area (Å²) in [6.45, 7) is 9.60. The number of allylic oxidation sites excluding steroid dienone is 1. The summed E-state index contributed by atoms with van der Waals surface area (Å²) in [5, 5.41) is 0. The number of benzene rings is 2. The summed E-state index contributed by atoms with van der Waals surface area (Å²) in [5.74, 6) is 0.547. The van der Waals surface area contributed by atoms with E-state index >= 15 is 0 Å². The molecule has 150 valence electrons. The normalized spacial score (nSPS) is 16.1. The van der Waals surface area contributed by atoms with Gasteiger partial charge in [-0.1, -0.05) is 126 Å². The van der Waals surface area contributed by atoms with Gasteiger partial charge in [0.25, 0.3) is 0 Å². The second kappa shape index (κ2) is 9.59. The lowest BCUT2D eigenvalue weighted by Crippen LogP contribution is -2.22. The Balaban J connectivity index is 1.70. The van der Waals surface area contributed by atoms with E-state index in [4.69, 9.17) is 0 Å². The van der Waals surface area contributed by atoms with Crippen LogP contribution in [-0.2, 0) is 0 Å². The summed E-state index contributed by atoms with van der Waals surface area (Å²) in [6.07, 6.45) is 13.5. The average molecular weight is 375 g/mol. The summed E-state index contributed by atoms with van der Waals surface area (Å²) in [5.41, 5.74) is 7.53. The van der Waals surface area contributed by atoms with Gasteiger partial charge in [-0.3, -0.25) is 0 Å². The Kier molecular flexibility index (Phi) is 7.16. The van der Waals surface area contributed by atoms with Crippen LogP contribution in [0, 0.1) is 5.41 Å². The molecule has 1 aliphatic rings. The van der Waals surface area contributed by atoms with Crippen molar-refractivity contribution in [1.29, 1.82) is 0 Å². The van der Waals surface area contributed by atoms with Gasteiger partial charge >= 0.3 is 0 Å². The molecule has 0 saturated heterocycles. The molecule has 2 aromatic rings. The summed E-state index contributed by atoms with van der Waals surface area (Å²) in [4.78, 5) is 0. The van der Waals surface area contributed by atoms with E-state index in [1.54, 1.807) is 0 Å². The summed E-state index contributed by atoms with van der Waals surface area (Å²) >= 11 is 0. The maximum atomic E-state index is 2.48. The van der Waals surface area contributed by atoms with Crippen LogP contribution in [0.25, 0.3) is 17.2 Å². The van der Waals surface area contributed by atoms with Crippen LogP contribution >= 0.6 is 0 Å². The number of unbranched alkanes of at least 4 members (excludes halogenated alkanes) is 6. The Morgan fingerprint density at radius 1 is 0.786 bits per heavy atom. The minimum atomic E-state index is 0.310. The second-order valence-electron chi connectivity index (χ2n) is 9.36. The Morgan fingerprint density at radius 2 is 1.46 bits per heavy atom. The zero-order chi connectivity index (χ0) is 20.0. The lowest BCUT2D eigenvalue weighted by Gasteiger charge is -2.34. The van der Waals surface area contributed by atoms with E-state index < -0.39 is 0 Å². The minimum absolute atomic E-state index is 0.310. The van der Waals surface area contributed by atoms with Crippen LogP contribution in [0.1, 0.15) is 96.1 Å². The fourth-order valence-electron chi connectivity index (χ4n) is 5.14. The maximum Gasteiger partial charge on any atom is 0.0106 e. The molecule has 0 fully saturated rings. The van der Waals surface area contributed by atoms with Gasteiger partial charge in [-0.05, 0) is 41.0 Å². The fourth-order valence-corrected chi connectivity index (χ4v) is 5.14.